The molecule has 2 aliphatic carbocycles. The molecule has 2 aliphatic rings. The maximum atomic E-state index is 3.96. The van der Waals surface area contributed by atoms with E-state index >= 15 is 0 Å². The minimum Gasteiger partial charge on any atom is -0.310 e. The molecule has 0 aliphatic heterocycles. The van der Waals surface area contributed by atoms with Gasteiger partial charge in [-0.15, -0.1) is 22.7 Å². The lowest BCUT2D eigenvalue weighted by atomic mass is 9.82. The number of thiophene rings is 2. The minimum atomic E-state index is -0.128. The highest BCUT2D eigenvalue weighted by molar-refractivity contribution is 7.26. The molecule has 2 heterocycles. The molecule has 0 radical (unpaired) electrons. The van der Waals surface area contributed by atoms with Crippen LogP contribution >= 0.6 is 22.7 Å². The van der Waals surface area contributed by atoms with Crippen molar-refractivity contribution in [3.8, 4) is 77.9 Å². The van der Waals surface area contributed by atoms with E-state index in [1.54, 1.807) is 0 Å². The quantitative estimate of drug-likeness (QED) is 0.114. The first kappa shape index (κ1) is 59.1. The monoisotopic (exact) mass is 1290 g/mol. The second-order valence-corrected chi connectivity index (χ2v) is 29.5. The first-order valence-electron chi connectivity index (χ1n) is 33.8. The first-order chi connectivity index (χ1) is 47.9. The zero-order valence-electron chi connectivity index (χ0n) is 55.1. The van der Waals surface area contributed by atoms with Crippen LogP contribution in [-0.4, -0.2) is 0 Å². The lowest BCUT2D eigenvalue weighted by Crippen LogP contribution is -2.16. The van der Waals surface area contributed by atoms with Gasteiger partial charge >= 0.3 is 0 Å². The van der Waals surface area contributed by atoms with Crippen LogP contribution in [0.15, 0.2) is 316 Å². The van der Waals surface area contributed by atoms with Crippen LogP contribution in [0.5, 0.6) is 0 Å². The molecule has 0 amide bonds. The molecule has 16 aromatic rings. The average molecular weight is 1290 g/mol. The highest BCUT2D eigenvalue weighted by Crippen LogP contribution is 2.53. The van der Waals surface area contributed by atoms with Gasteiger partial charge in [0.15, 0.2) is 0 Å². The van der Waals surface area contributed by atoms with Gasteiger partial charge in [-0.25, -0.2) is 0 Å². The number of hydrogen-bond acceptors (Lipinski definition) is 4. The molecule has 0 fully saturated rings. The van der Waals surface area contributed by atoms with Gasteiger partial charge in [0, 0.05) is 85.3 Å². The predicted molar refractivity (Wildman–Crippen MR) is 424 cm³/mol. The van der Waals surface area contributed by atoms with E-state index in [1.165, 1.54) is 140 Å². The number of anilines is 6. The topological polar surface area (TPSA) is 6.48 Å². The van der Waals surface area contributed by atoms with E-state index < -0.39 is 0 Å². The van der Waals surface area contributed by atoms with Crippen LogP contribution in [0.2, 0.25) is 0 Å². The van der Waals surface area contributed by atoms with Gasteiger partial charge in [0.25, 0.3) is 0 Å². The fourth-order valence-corrected chi connectivity index (χ4v) is 17.8. The van der Waals surface area contributed by atoms with Gasteiger partial charge in [0.05, 0.1) is 0 Å². The molecule has 98 heavy (non-hydrogen) atoms. The maximum absolute atomic E-state index is 3.96. The van der Waals surface area contributed by atoms with Crippen molar-refractivity contribution >= 4 is 109 Å². The van der Waals surface area contributed by atoms with Crippen molar-refractivity contribution in [1.29, 1.82) is 0 Å². The zero-order valence-corrected chi connectivity index (χ0v) is 56.8. The summed E-state index contributed by atoms with van der Waals surface area (Å²) in [5.41, 5.74) is 31.3. The number of fused-ring (bicyclic) bond motifs is 12. The maximum Gasteiger partial charge on any atom is 0.0465 e. The summed E-state index contributed by atoms with van der Waals surface area (Å²) in [6.45, 7) is 17.4. The molecule has 2 nitrogen and oxygen atoms in total. The Labute approximate surface area is 581 Å². The van der Waals surface area contributed by atoms with Gasteiger partial charge in [-0.3, -0.25) is 0 Å². The molecule has 0 spiro atoms. The summed E-state index contributed by atoms with van der Waals surface area (Å²) < 4.78 is 5.16. The van der Waals surface area contributed by atoms with Gasteiger partial charge in [0.2, 0.25) is 0 Å². The molecule has 466 valence electrons. The molecule has 0 unspecified atom stereocenters. The van der Waals surface area contributed by atoms with E-state index in [0.29, 0.717) is 0 Å². The predicted octanol–water partition coefficient (Wildman–Crippen LogP) is 27.6. The van der Waals surface area contributed by atoms with Crippen molar-refractivity contribution in [3.63, 3.8) is 0 Å². The van der Waals surface area contributed by atoms with Gasteiger partial charge < -0.3 is 9.80 Å². The summed E-state index contributed by atoms with van der Waals surface area (Å²) in [7, 11) is 0. The summed E-state index contributed by atoms with van der Waals surface area (Å²) in [4.78, 5) is 4.82. The number of rotatable bonds is 13. The third kappa shape index (κ3) is 9.88. The van der Waals surface area contributed by atoms with E-state index in [0.717, 1.165) is 45.3 Å². The normalized spacial score (nSPS) is 13.1. The second kappa shape index (κ2) is 23.2. The van der Waals surface area contributed by atoms with E-state index in [4.69, 9.17) is 0 Å². The fraction of sp³-hybridized carbons (Fsp3) is 0.0638. The minimum absolute atomic E-state index is 0.128. The standard InChI is InChI=1S/C94H68N2S2/c1-7-59-17-21-61(22-18-59)63-25-37-71(38-26-63)95(75-45-47-79-77-13-9-11-15-85(77)93(3,4)87(79)57-75)73-41-29-65(30-42-73)67-33-49-89-81(53-67)83-55-69(35-51-91(83)97-89)70-36-52-92-84(56-70)82-54-68(34-50-90(82)98-92)66-31-43-74(44-32-66)96(72-39-27-64(28-40-72)62-23-19-60(8-2)20-24-62)76-46-48-80-78-14-10-12-16-86(78)94(5,6)88(80)58-76/h7-58H,1-2H2,3-6H3. The third-order valence-corrected chi connectivity index (χ3v) is 23.4. The van der Waals surface area contributed by atoms with Gasteiger partial charge in [0.1, 0.15) is 0 Å². The third-order valence-electron chi connectivity index (χ3n) is 21.1. The molecular formula is C94H68N2S2. The smallest absolute Gasteiger partial charge is 0.0465 e. The van der Waals surface area contributed by atoms with Crippen LogP contribution < -0.4 is 9.80 Å². The molecule has 0 atom stereocenters. The molecule has 2 aromatic heterocycles. The van der Waals surface area contributed by atoms with Crippen molar-refractivity contribution in [2.75, 3.05) is 9.80 Å². The molecule has 14 aromatic carbocycles. The summed E-state index contributed by atoms with van der Waals surface area (Å²) in [5, 5.41) is 5.13. The summed E-state index contributed by atoms with van der Waals surface area (Å²) in [6.07, 6.45) is 3.78. The first-order valence-corrected chi connectivity index (χ1v) is 35.4. The Kier molecular flexibility index (Phi) is 14.0. The van der Waals surface area contributed by atoms with Crippen LogP contribution in [0.1, 0.15) is 61.1 Å². The van der Waals surface area contributed by atoms with E-state index in [9.17, 15) is 0 Å². The summed E-state index contributed by atoms with van der Waals surface area (Å²) in [5.74, 6) is 0. The van der Waals surface area contributed by atoms with Gasteiger partial charge in [-0.1, -0.05) is 235 Å². The lowest BCUT2D eigenvalue weighted by Gasteiger charge is -2.28. The second-order valence-electron chi connectivity index (χ2n) is 27.4. The molecule has 0 saturated heterocycles. The van der Waals surface area contributed by atoms with E-state index in [1.807, 2.05) is 34.8 Å². The van der Waals surface area contributed by atoms with Crippen LogP contribution in [0, 0.1) is 0 Å². The van der Waals surface area contributed by atoms with Crippen molar-refractivity contribution < 1.29 is 0 Å². The van der Waals surface area contributed by atoms with Crippen molar-refractivity contribution in [2.45, 2.75) is 38.5 Å². The van der Waals surface area contributed by atoms with E-state index in [2.05, 4.69) is 354 Å². The van der Waals surface area contributed by atoms with Crippen LogP contribution in [0.4, 0.5) is 34.1 Å². The molecule has 4 heteroatoms. The lowest BCUT2D eigenvalue weighted by molar-refractivity contribution is 0.660. The van der Waals surface area contributed by atoms with Gasteiger partial charge in [-0.2, -0.15) is 0 Å². The van der Waals surface area contributed by atoms with Crippen LogP contribution in [0.25, 0.3) is 130 Å². The molecule has 0 N–H and O–H groups in total. The van der Waals surface area contributed by atoms with Crippen molar-refractivity contribution in [2.24, 2.45) is 0 Å². The van der Waals surface area contributed by atoms with Crippen molar-refractivity contribution in [1.82, 2.24) is 0 Å². The van der Waals surface area contributed by atoms with Gasteiger partial charge in [-0.05, 0) is 233 Å². The summed E-state index contributed by atoms with van der Waals surface area (Å²) >= 11 is 3.74. The zero-order chi connectivity index (χ0) is 66.0. The van der Waals surface area contributed by atoms with Crippen LogP contribution in [0.3, 0.4) is 0 Å². The molecule has 18 rings (SSSR count). The molecule has 0 saturated carbocycles. The number of nitrogens with zero attached hydrogens (tertiary/aromatic N) is 2. The molecular weight excluding hydrogens is 1220 g/mol. The Balaban J connectivity index is 0.649. The Hall–Kier alpha value is -11.4. The Morgan fingerprint density at radius 2 is 0.490 bits per heavy atom. The highest BCUT2D eigenvalue weighted by atomic mass is 32.1. The van der Waals surface area contributed by atoms with E-state index in [-0.39, 0.29) is 10.8 Å². The highest BCUT2D eigenvalue weighted by Gasteiger charge is 2.37. The number of benzene rings is 14. The fourth-order valence-electron chi connectivity index (χ4n) is 15.7. The molecule has 0 bridgehead atoms. The van der Waals surface area contributed by atoms with Crippen LogP contribution in [-0.2, 0) is 10.8 Å². The average Bonchev–Trinajstić information content (AvgIpc) is 1.57. The Morgan fingerprint density at radius 3 is 0.796 bits per heavy atom. The summed E-state index contributed by atoms with van der Waals surface area (Å²) in [6, 6.07) is 114. The number of hydrogen-bond donors (Lipinski definition) is 0. The Bertz CT molecular complexity index is 5500. The largest absolute Gasteiger partial charge is 0.310 e. The van der Waals surface area contributed by atoms with Crippen molar-refractivity contribution in [3.05, 3.63) is 350 Å². The SMILES string of the molecule is C=Cc1ccc(-c2ccc(N(c3ccc(-c4ccc5sc6ccc(-c7ccc8sc9ccc(-c%10ccc(N(c%11ccc(-c%12ccc(C=C)cc%12)cc%11)c%11ccc%12c(c%11)C(C)(C)c%11ccccc%11-%12)cc%10)cc9c8c7)cc6c5c4)cc3)c3ccc4c(c3)C(C)(C)c3ccccc3-4)cc2)cc1. The Morgan fingerprint density at radius 1 is 0.245 bits per heavy atom.